The quantitative estimate of drug-likeness (QED) is 0.767. The van der Waals surface area contributed by atoms with Crippen LogP contribution < -0.4 is 10.6 Å². The third-order valence-corrected chi connectivity index (χ3v) is 2.63. The van der Waals surface area contributed by atoms with Crippen molar-refractivity contribution < 1.29 is 0 Å². The van der Waals surface area contributed by atoms with Gasteiger partial charge in [0.25, 0.3) is 0 Å². The van der Waals surface area contributed by atoms with Crippen LogP contribution in [0.4, 0.5) is 11.6 Å². The minimum absolute atomic E-state index is 0.606. The Bertz CT molecular complexity index is 294. The molecule has 0 radical (unpaired) electrons. The fourth-order valence-corrected chi connectivity index (χ4v) is 1.85. The molecule has 2 N–H and O–H groups in total. The van der Waals surface area contributed by atoms with Gasteiger partial charge in [-0.3, -0.25) is 0 Å². The summed E-state index contributed by atoms with van der Waals surface area (Å²) < 4.78 is 0. The molecule has 1 aromatic rings. The van der Waals surface area contributed by atoms with E-state index in [0.717, 1.165) is 11.6 Å². The second-order valence-electron chi connectivity index (χ2n) is 3.66. The van der Waals surface area contributed by atoms with Gasteiger partial charge in [-0.15, -0.1) is 0 Å². The zero-order valence-corrected chi connectivity index (χ0v) is 8.45. The minimum Gasteiger partial charge on any atom is -0.373 e. The van der Waals surface area contributed by atoms with Crippen LogP contribution >= 0.6 is 0 Å². The molecule has 1 fully saturated rings. The van der Waals surface area contributed by atoms with Crippen LogP contribution in [0.15, 0.2) is 12.4 Å². The van der Waals surface area contributed by atoms with Crippen molar-refractivity contribution >= 4 is 11.6 Å². The molecule has 14 heavy (non-hydrogen) atoms. The predicted molar refractivity (Wildman–Crippen MR) is 57.5 cm³/mol. The van der Waals surface area contributed by atoms with Gasteiger partial charge in [0.15, 0.2) is 0 Å². The third kappa shape index (κ3) is 2.13. The van der Waals surface area contributed by atoms with Gasteiger partial charge < -0.3 is 10.6 Å². The monoisotopic (exact) mass is 192 g/mol. The average Bonchev–Trinajstić information content (AvgIpc) is 2.71. The largest absolute Gasteiger partial charge is 0.373 e. The SMILES string of the molecule is CNc1cc(NC2CCCC2)ncn1. The first-order valence-electron chi connectivity index (χ1n) is 5.15. The van der Waals surface area contributed by atoms with E-state index in [4.69, 9.17) is 0 Å². The van der Waals surface area contributed by atoms with E-state index >= 15 is 0 Å². The summed E-state index contributed by atoms with van der Waals surface area (Å²) in [6.07, 6.45) is 6.78. The molecule has 4 nitrogen and oxygen atoms in total. The molecule has 0 aliphatic heterocycles. The zero-order chi connectivity index (χ0) is 9.80. The molecule has 0 saturated heterocycles. The Hall–Kier alpha value is -1.32. The van der Waals surface area contributed by atoms with Crippen LogP contribution in [0.5, 0.6) is 0 Å². The van der Waals surface area contributed by atoms with Crippen LogP contribution in [0.1, 0.15) is 25.7 Å². The second-order valence-corrected chi connectivity index (χ2v) is 3.66. The van der Waals surface area contributed by atoms with Crippen molar-refractivity contribution in [3.8, 4) is 0 Å². The fraction of sp³-hybridized carbons (Fsp3) is 0.600. The number of nitrogens with one attached hydrogen (secondary N) is 2. The summed E-state index contributed by atoms with van der Waals surface area (Å²) in [5.74, 6) is 1.79. The number of aromatic nitrogens is 2. The van der Waals surface area contributed by atoms with Crippen LogP contribution in [0, 0.1) is 0 Å². The van der Waals surface area contributed by atoms with Gasteiger partial charge in [0.05, 0.1) is 0 Å². The summed E-state index contributed by atoms with van der Waals surface area (Å²) in [6.45, 7) is 0. The highest BCUT2D eigenvalue weighted by Crippen LogP contribution is 2.21. The molecule has 1 aliphatic carbocycles. The predicted octanol–water partition coefficient (Wildman–Crippen LogP) is 1.87. The normalized spacial score (nSPS) is 16.9. The molecule has 0 spiro atoms. The molecule has 4 heteroatoms. The maximum atomic E-state index is 4.19. The molecule has 1 heterocycles. The van der Waals surface area contributed by atoms with Crippen molar-refractivity contribution in [2.24, 2.45) is 0 Å². The second kappa shape index (κ2) is 4.26. The maximum Gasteiger partial charge on any atom is 0.131 e. The Labute approximate surface area is 84.2 Å². The minimum atomic E-state index is 0.606. The first-order valence-corrected chi connectivity index (χ1v) is 5.15. The zero-order valence-electron chi connectivity index (χ0n) is 8.45. The standard InChI is InChI=1S/C10H16N4/c1-11-9-6-10(13-7-12-9)14-8-4-2-3-5-8/h6-8H,2-5H2,1H3,(H2,11,12,13,14). The molecule has 0 bridgehead atoms. The van der Waals surface area contributed by atoms with Crippen molar-refractivity contribution in [3.63, 3.8) is 0 Å². The first-order chi connectivity index (χ1) is 6.88. The van der Waals surface area contributed by atoms with Crippen LogP contribution in [0.3, 0.4) is 0 Å². The van der Waals surface area contributed by atoms with E-state index in [9.17, 15) is 0 Å². The Morgan fingerprint density at radius 2 is 1.93 bits per heavy atom. The maximum absolute atomic E-state index is 4.19. The Balaban J connectivity index is 2.00. The highest BCUT2D eigenvalue weighted by atomic mass is 15.1. The van der Waals surface area contributed by atoms with E-state index in [2.05, 4.69) is 20.6 Å². The molecule has 2 rings (SSSR count). The van der Waals surface area contributed by atoms with Gasteiger partial charge in [0.1, 0.15) is 18.0 Å². The highest BCUT2D eigenvalue weighted by molar-refractivity contribution is 5.46. The summed E-state index contributed by atoms with van der Waals surface area (Å²) >= 11 is 0. The molecule has 1 aliphatic rings. The number of hydrogen-bond donors (Lipinski definition) is 2. The highest BCUT2D eigenvalue weighted by Gasteiger charge is 2.14. The van der Waals surface area contributed by atoms with E-state index in [-0.39, 0.29) is 0 Å². The molecule has 76 valence electrons. The van der Waals surface area contributed by atoms with Gasteiger partial charge in [-0.25, -0.2) is 9.97 Å². The molecule has 0 unspecified atom stereocenters. The van der Waals surface area contributed by atoms with Crippen LogP contribution in [-0.2, 0) is 0 Å². The Morgan fingerprint density at radius 3 is 2.64 bits per heavy atom. The first kappa shape index (κ1) is 9.24. The lowest BCUT2D eigenvalue weighted by Gasteiger charge is -2.12. The summed E-state index contributed by atoms with van der Waals surface area (Å²) in [5, 5.41) is 6.43. The van der Waals surface area contributed by atoms with E-state index < -0.39 is 0 Å². The van der Waals surface area contributed by atoms with Gasteiger partial charge in [0, 0.05) is 19.2 Å². The molecule has 1 aromatic heterocycles. The number of anilines is 2. The summed E-state index contributed by atoms with van der Waals surface area (Å²) in [4.78, 5) is 8.26. The lowest BCUT2D eigenvalue weighted by atomic mass is 10.2. The van der Waals surface area contributed by atoms with Crippen molar-refractivity contribution in [3.05, 3.63) is 12.4 Å². The molecule has 0 amide bonds. The summed E-state index contributed by atoms with van der Waals surface area (Å²) in [5.41, 5.74) is 0. The van der Waals surface area contributed by atoms with Crippen LogP contribution in [-0.4, -0.2) is 23.1 Å². The summed E-state index contributed by atoms with van der Waals surface area (Å²) in [7, 11) is 1.86. The van der Waals surface area contributed by atoms with Gasteiger partial charge in [-0.2, -0.15) is 0 Å². The van der Waals surface area contributed by atoms with Gasteiger partial charge in [0.2, 0.25) is 0 Å². The topological polar surface area (TPSA) is 49.8 Å². The van der Waals surface area contributed by atoms with E-state index in [1.165, 1.54) is 25.7 Å². The smallest absolute Gasteiger partial charge is 0.131 e. The molecule has 1 saturated carbocycles. The van der Waals surface area contributed by atoms with E-state index in [0.29, 0.717) is 6.04 Å². The average molecular weight is 192 g/mol. The fourth-order valence-electron chi connectivity index (χ4n) is 1.85. The number of rotatable bonds is 3. The Morgan fingerprint density at radius 1 is 1.21 bits per heavy atom. The van der Waals surface area contributed by atoms with Crippen LogP contribution in [0.25, 0.3) is 0 Å². The van der Waals surface area contributed by atoms with Crippen molar-refractivity contribution in [1.82, 2.24) is 9.97 Å². The van der Waals surface area contributed by atoms with Crippen molar-refractivity contribution in [1.29, 1.82) is 0 Å². The summed E-state index contributed by atoms with van der Waals surface area (Å²) in [6, 6.07) is 2.55. The van der Waals surface area contributed by atoms with Gasteiger partial charge in [-0.1, -0.05) is 12.8 Å². The van der Waals surface area contributed by atoms with Crippen molar-refractivity contribution in [2.75, 3.05) is 17.7 Å². The van der Waals surface area contributed by atoms with E-state index in [1.807, 2.05) is 13.1 Å². The van der Waals surface area contributed by atoms with Crippen molar-refractivity contribution in [2.45, 2.75) is 31.7 Å². The number of nitrogens with zero attached hydrogens (tertiary/aromatic N) is 2. The number of hydrogen-bond acceptors (Lipinski definition) is 4. The lowest BCUT2D eigenvalue weighted by Crippen LogP contribution is -2.15. The molecular weight excluding hydrogens is 176 g/mol. The molecular formula is C10H16N4. The van der Waals surface area contributed by atoms with Gasteiger partial charge >= 0.3 is 0 Å². The lowest BCUT2D eigenvalue weighted by molar-refractivity contribution is 0.750. The third-order valence-electron chi connectivity index (χ3n) is 2.63. The molecule has 0 aromatic carbocycles. The molecule has 0 atom stereocenters. The van der Waals surface area contributed by atoms with Gasteiger partial charge in [-0.05, 0) is 12.8 Å². The van der Waals surface area contributed by atoms with E-state index in [1.54, 1.807) is 6.33 Å². The van der Waals surface area contributed by atoms with Crippen LogP contribution in [0.2, 0.25) is 0 Å². The Kier molecular flexibility index (Phi) is 2.81.